The Bertz CT molecular complexity index is 397. The lowest BCUT2D eigenvalue weighted by Crippen LogP contribution is -2.13. The molecule has 100 valence electrons. The summed E-state index contributed by atoms with van der Waals surface area (Å²) in [5.74, 6) is -0.153. The number of hydrogen-bond acceptors (Lipinski definition) is 3. The van der Waals surface area contributed by atoms with Crippen molar-refractivity contribution < 1.29 is 13.9 Å². The summed E-state index contributed by atoms with van der Waals surface area (Å²) in [6.45, 7) is 2.80. The number of benzene rings is 1. The van der Waals surface area contributed by atoms with E-state index in [1.54, 1.807) is 6.92 Å². The predicted molar refractivity (Wildman–Crippen MR) is 69.1 cm³/mol. The Morgan fingerprint density at radius 3 is 2.89 bits per heavy atom. The summed E-state index contributed by atoms with van der Waals surface area (Å²) >= 11 is 0. The fourth-order valence-corrected chi connectivity index (χ4v) is 1.52. The van der Waals surface area contributed by atoms with E-state index in [1.165, 1.54) is 18.2 Å². The number of anilines is 1. The molecule has 1 amide bonds. The molecule has 1 aromatic rings. The molecule has 5 heteroatoms. The van der Waals surface area contributed by atoms with Crippen molar-refractivity contribution in [1.29, 1.82) is 0 Å². The third-order valence-corrected chi connectivity index (χ3v) is 2.38. The lowest BCUT2D eigenvalue weighted by molar-refractivity contribution is -0.116. The van der Waals surface area contributed by atoms with E-state index in [9.17, 15) is 9.18 Å². The summed E-state index contributed by atoms with van der Waals surface area (Å²) in [5.41, 5.74) is 5.85. The average Bonchev–Trinajstić information content (AvgIpc) is 2.33. The Morgan fingerprint density at radius 1 is 1.44 bits per heavy atom. The maximum Gasteiger partial charge on any atom is 0.224 e. The van der Waals surface area contributed by atoms with E-state index in [0.717, 1.165) is 12.8 Å². The van der Waals surface area contributed by atoms with Crippen LogP contribution in [-0.4, -0.2) is 19.1 Å². The van der Waals surface area contributed by atoms with E-state index in [4.69, 9.17) is 10.5 Å². The first-order valence-electron chi connectivity index (χ1n) is 6.09. The minimum absolute atomic E-state index is 0.115. The topological polar surface area (TPSA) is 64.3 Å². The third kappa shape index (κ3) is 4.71. The van der Waals surface area contributed by atoms with Crippen LogP contribution in [0.15, 0.2) is 18.2 Å². The number of hydrogen-bond donors (Lipinski definition) is 2. The Labute approximate surface area is 106 Å². The van der Waals surface area contributed by atoms with Gasteiger partial charge in [0.05, 0.1) is 12.3 Å². The number of rotatable bonds is 7. The Kier molecular flexibility index (Phi) is 6.14. The molecule has 0 bridgehead atoms. The van der Waals surface area contributed by atoms with Gasteiger partial charge in [-0.1, -0.05) is 0 Å². The smallest absolute Gasteiger partial charge is 0.224 e. The number of carbonyl (C=O) groups is 1. The second kappa shape index (κ2) is 7.66. The molecule has 1 rings (SSSR count). The highest BCUT2D eigenvalue weighted by atomic mass is 19.1. The Morgan fingerprint density at radius 2 is 2.22 bits per heavy atom. The zero-order valence-corrected chi connectivity index (χ0v) is 10.5. The first-order chi connectivity index (χ1) is 8.67. The SMILES string of the molecule is CCOc1cc(F)ccc1NC(=O)CCCCN. The van der Waals surface area contributed by atoms with Crippen molar-refractivity contribution >= 4 is 11.6 Å². The maximum absolute atomic E-state index is 13.0. The van der Waals surface area contributed by atoms with Crippen molar-refractivity contribution in [3.8, 4) is 5.75 Å². The van der Waals surface area contributed by atoms with Crippen molar-refractivity contribution in [2.24, 2.45) is 5.73 Å². The van der Waals surface area contributed by atoms with E-state index in [0.29, 0.717) is 31.0 Å². The van der Waals surface area contributed by atoms with E-state index in [2.05, 4.69) is 5.32 Å². The highest BCUT2D eigenvalue weighted by molar-refractivity contribution is 5.92. The van der Waals surface area contributed by atoms with E-state index in [-0.39, 0.29) is 11.7 Å². The van der Waals surface area contributed by atoms with Crippen molar-refractivity contribution in [1.82, 2.24) is 0 Å². The average molecular weight is 254 g/mol. The second-order valence-electron chi connectivity index (χ2n) is 3.87. The van der Waals surface area contributed by atoms with Gasteiger partial charge in [0.2, 0.25) is 5.91 Å². The number of carbonyl (C=O) groups excluding carboxylic acids is 1. The van der Waals surface area contributed by atoms with Gasteiger partial charge in [-0.2, -0.15) is 0 Å². The van der Waals surface area contributed by atoms with Crippen LogP contribution < -0.4 is 15.8 Å². The molecule has 3 N–H and O–H groups in total. The molecule has 0 aliphatic rings. The summed E-state index contributed by atoms with van der Waals surface area (Å²) < 4.78 is 18.3. The fourth-order valence-electron chi connectivity index (χ4n) is 1.52. The fraction of sp³-hybridized carbons (Fsp3) is 0.462. The van der Waals surface area contributed by atoms with Crippen LogP contribution in [0.2, 0.25) is 0 Å². The van der Waals surface area contributed by atoms with Crippen LogP contribution in [0.1, 0.15) is 26.2 Å². The van der Waals surface area contributed by atoms with Crippen LogP contribution in [0.3, 0.4) is 0 Å². The van der Waals surface area contributed by atoms with Crippen molar-refractivity contribution in [3.05, 3.63) is 24.0 Å². The number of ether oxygens (including phenoxy) is 1. The monoisotopic (exact) mass is 254 g/mol. The van der Waals surface area contributed by atoms with Gasteiger partial charge >= 0.3 is 0 Å². The third-order valence-electron chi connectivity index (χ3n) is 2.38. The molecule has 0 heterocycles. The maximum atomic E-state index is 13.0. The summed E-state index contributed by atoms with van der Waals surface area (Å²) in [6, 6.07) is 4.05. The molecule has 0 unspecified atom stereocenters. The molecule has 0 saturated heterocycles. The Hall–Kier alpha value is -1.62. The zero-order valence-electron chi connectivity index (χ0n) is 10.5. The zero-order chi connectivity index (χ0) is 13.4. The van der Waals surface area contributed by atoms with Gasteiger partial charge in [-0.05, 0) is 38.4 Å². The van der Waals surface area contributed by atoms with Gasteiger partial charge < -0.3 is 15.8 Å². The molecule has 0 aromatic heterocycles. The minimum atomic E-state index is -0.389. The van der Waals surface area contributed by atoms with Crippen LogP contribution in [0, 0.1) is 5.82 Å². The normalized spacial score (nSPS) is 10.2. The lowest BCUT2D eigenvalue weighted by Gasteiger charge is -2.11. The Balaban J connectivity index is 2.62. The van der Waals surface area contributed by atoms with Crippen LogP contribution >= 0.6 is 0 Å². The molecule has 0 radical (unpaired) electrons. The number of amides is 1. The number of unbranched alkanes of at least 4 members (excludes halogenated alkanes) is 1. The van der Waals surface area contributed by atoms with Gasteiger partial charge in [-0.15, -0.1) is 0 Å². The van der Waals surface area contributed by atoms with Gasteiger partial charge in [0.1, 0.15) is 11.6 Å². The van der Waals surface area contributed by atoms with Gasteiger partial charge in [0.15, 0.2) is 0 Å². The van der Waals surface area contributed by atoms with E-state index >= 15 is 0 Å². The molecular formula is C13H19FN2O2. The summed E-state index contributed by atoms with van der Waals surface area (Å²) in [6.07, 6.45) is 1.96. The van der Waals surface area contributed by atoms with Crippen molar-refractivity contribution in [2.45, 2.75) is 26.2 Å². The van der Waals surface area contributed by atoms with Crippen LogP contribution in [0.25, 0.3) is 0 Å². The lowest BCUT2D eigenvalue weighted by atomic mass is 10.2. The minimum Gasteiger partial charge on any atom is -0.492 e. The summed E-state index contributed by atoms with van der Waals surface area (Å²) in [5, 5.41) is 2.71. The first kappa shape index (κ1) is 14.4. The molecule has 0 spiro atoms. The van der Waals surface area contributed by atoms with Crippen LogP contribution in [-0.2, 0) is 4.79 Å². The molecule has 0 saturated carbocycles. The number of halogens is 1. The highest BCUT2D eigenvalue weighted by Gasteiger charge is 2.08. The van der Waals surface area contributed by atoms with Crippen LogP contribution in [0.5, 0.6) is 5.75 Å². The van der Waals surface area contributed by atoms with Crippen molar-refractivity contribution in [3.63, 3.8) is 0 Å². The standard InChI is InChI=1S/C13H19FN2O2/c1-2-18-12-9-10(14)6-7-11(12)16-13(17)5-3-4-8-15/h6-7,9H,2-5,8,15H2,1H3,(H,16,17). The molecule has 0 aliphatic carbocycles. The van der Waals surface area contributed by atoms with Gasteiger partial charge in [0.25, 0.3) is 0 Å². The largest absolute Gasteiger partial charge is 0.492 e. The summed E-state index contributed by atoms with van der Waals surface area (Å²) in [4.78, 5) is 11.6. The molecule has 0 aliphatic heterocycles. The van der Waals surface area contributed by atoms with Gasteiger partial charge in [-0.25, -0.2) is 4.39 Å². The predicted octanol–water partition coefficient (Wildman–Crippen LogP) is 2.29. The second-order valence-corrected chi connectivity index (χ2v) is 3.87. The molecular weight excluding hydrogens is 235 g/mol. The molecule has 1 aromatic carbocycles. The van der Waals surface area contributed by atoms with Crippen molar-refractivity contribution in [2.75, 3.05) is 18.5 Å². The summed E-state index contributed by atoms with van der Waals surface area (Å²) in [7, 11) is 0. The number of nitrogens with one attached hydrogen (secondary N) is 1. The molecule has 18 heavy (non-hydrogen) atoms. The van der Waals surface area contributed by atoms with Gasteiger partial charge in [0, 0.05) is 12.5 Å². The van der Waals surface area contributed by atoms with E-state index in [1.807, 2.05) is 0 Å². The quantitative estimate of drug-likeness (QED) is 0.734. The first-order valence-corrected chi connectivity index (χ1v) is 6.09. The molecule has 0 atom stereocenters. The molecule has 4 nitrogen and oxygen atoms in total. The number of nitrogens with two attached hydrogens (primary N) is 1. The van der Waals surface area contributed by atoms with E-state index < -0.39 is 0 Å². The molecule has 0 fully saturated rings. The van der Waals surface area contributed by atoms with Gasteiger partial charge in [-0.3, -0.25) is 4.79 Å². The highest BCUT2D eigenvalue weighted by Crippen LogP contribution is 2.25. The van der Waals surface area contributed by atoms with Crippen LogP contribution in [0.4, 0.5) is 10.1 Å².